The average Bonchev–Trinajstić information content (AvgIpc) is 3.06. The number of thioether (sulfide) groups is 1. The first-order chi connectivity index (χ1) is 15.0. The second kappa shape index (κ2) is 11.5. The zero-order chi connectivity index (χ0) is 22.2. The van der Waals surface area contributed by atoms with Crippen LogP contribution in [0.2, 0.25) is 0 Å². The van der Waals surface area contributed by atoms with Crippen LogP contribution in [0.1, 0.15) is 31.2 Å². The number of thiocarbonyl (C=S) groups is 1. The van der Waals surface area contributed by atoms with Crippen LogP contribution in [0.4, 0.5) is 0 Å². The summed E-state index contributed by atoms with van der Waals surface area (Å²) < 4.78 is 16.4. The van der Waals surface area contributed by atoms with Crippen molar-refractivity contribution in [2.75, 3.05) is 47.1 Å². The van der Waals surface area contributed by atoms with E-state index >= 15 is 0 Å². The summed E-state index contributed by atoms with van der Waals surface area (Å²) in [4.78, 5) is 29.1. The Bertz CT molecular complexity index is 852. The fourth-order valence-electron chi connectivity index (χ4n) is 3.48. The summed E-state index contributed by atoms with van der Waals surface area (Å²) in [5.74, 6) is 1.36. The van der Waals surface area contributed by atoms with E-state index in [1.54, 1.807) is 19.1 Å². The number of unbranched alkanes of at least 4 members (excludes halogenated alkanes) is 2. The van der Waals surface area contributed by atoms with E-state index in [4.69, 9.17) is 26.4 Å². The first-order valence-electron chi connectivity index (χ1n) is 10.4. The largest absolute Gasteiger partial charge is 0.493 e. The van der Waals surface area contributed by atoms with Crippen LogP contribution in [0.3, 0.4) is 0 Å². The van der Waals surface area contributed by atoms with E-state index in [1.807, 2.05) is 29.2 Å². The van der Waals surface area contributed by atoms with Crippen LogP contribution in [-0.4, -0.2) is 73.0 Å². The van der Waals surface area contributed by atoms with E-state index in [0.717, 1.165) is 24.8 Å². The number of methoxy groups -OCH3 is 2. The van der Waals surface area contributed by atoms with Gasteiger partial charge in [-0.2, -0.15) is 0 Å². The highest BCUT2D eigenvalue weighted by Crippen LogP contribution is 2.34. The number of amides is 2. The smallest absolute Gasteiger partial charge is 0.266 e. The third-order valence-corrected chi connectivity index (χ3v) is 6.59. The molecule has 0 atom stereocenters. The van der Waals surface area contributed by atoms with E-state index < -0.39 is 0 Å². The molecule has 1 aromatic rings. The number of carbonyl (C=O) groups is 2. The summed E-state index contributed by atoms with van der Waals surface area (Å²) in [6.07, 6.45) is 4.86. The number of carbonyl (C=O) groups excluding carboxylic acids is 2. The zero-order valence-corrected chi connectivity index (χ0v) is 19.6. The standard InChI is InChI=1S/C22H28N2O5S2/c1-27-17-8-7-16(14-18(17)28-2)15-19-21(26)24(22(30)31-19)9-5-3-4-6-20(25)23-10-12-29-13-11-23/h7-8,14-15H,3-6,9-13H2,1-2H3/b19-15-. The maximum absolute atomic E-state index is 12.8. The normalized spacial score (nSPS) is 18.1. The second-order valence-electron chi connectivity index (χ2n) is 7.25. The maximum Gasteiger partial charge on any atom is 0.266 e. The Kier molecular flexibility index (Phi) is 8.74. The van der Waals surface area contributed by atoms with Crippen molar-refractivity contribution >= 4 is 46.2 Å². The third-order valence-electron chi connectivity index (χ3n) is 5.22. The lowest BCUT2D eigenvalue weighted by atomic mass is 10.1. The topological polar surface area (TPSA) is 68.3 Å². The molecule has 0 spiro atoms. The molecule has 0 N–H and O–H groups in total. The van der Waals surface area contributed by atoms with E-state index in [2.05, 4.69) is 0 Å². The van der Waals surface area contributed by atoms with Crippen molar-refractivity contribution in [1.82, 2.24) is 9.80 Å². The number of hydrogen-bond donors (Lipinski definition) is 0. The quantitative estimate of drug-likeness (QED) is 0.315. The molecule has 168 valence electrons. The molecule has 2 aliphatic heterocycles. The summed E-state index contributed by atoms with van der Waals surface area (Å²) >= 11 is 6.73. The Balaban J connectivity index is 1.47. The number of nitrogens with zero attached hydrogens (tertiary/aromatic N) is 2. The lowest BCUT2D eigenvalue weighted by Gasteiger charge is -2.26. The summed E-state index contributed by atoms with van der Waals surface area (Å²) in [6, 6.07) is 5.51. The number of hydrogen-bond acceptors (Lipinski definition) is 7. The number of morpholine rings is 1. The molecule has 1 aromatic carbocycles. The SMILES string of the molecule is COc1ccc(/C=C2\SC(=S)N(CCCCCC(=O)N3CCOCC3)C2=O)cc1OC. The number of ether oxygens (including phenoxy) is 3. The molecule has 2 saturated heterocycles. The van der Waals surface area contributed by atoms with Gasteiger partial charge in [0.05, 0.1) is 32.3 Å². The molecule has 3 rings (SSSR count). The highest BCUT2D eigenvalue weighted by molar-refractivity contribution is 8.26. The third kappa shape index (κ3) is 6.21. The molecule has 0 saturated carbocycles. The Hall–Kier alpha value is -2.10. The van der Waals surface area contributed by atoms with Crippen molar-refractivity contribution < 1.29 is 23.8 Å². The van der Waals surface area contributed by atoms with Gasteiger partial charge in [0.1, 0.15) is 4.32 Å². The van der Waals surface area contributed by atoms with Crippen LogP contribution in [-0.2, 0) is 14.3 Å². The predicted octanol–water partition coefficient (Wildman–Crippen LogP) is 3.32. The van der Waals surface area contributed by atoms with Gasteiger partial charge in [-0.25, -0.2) is 0 Å². The van der Waals surface area contributed by atoms with Gasteiger partial charge in [-0.3, -0.25) is 14.5 Å². The molecular formula is C22H28N2O5S2. The fraction of sp³-hybridized carbons (Fsp3) is 0.500. The first-order valence-corrected chi connectivity index (χ1v) is 11.6. The summed E-state index contributed by atoms with van der Waals surface area (Å²) in [7, 11) is 3.16. The van der Waals surface area contributed by atoms with E-state index in [0.29, 0.717) is 60.0 Å². The van der Waals surface area contributed by atoms with Crippen molar-refractivity contribution in [2.45, 2.75) is 25.7 Å². The highest BCUT2D eigenvalue weighted by Gasteiger charge is 2.31. The molecule has 0 radical (unpaired) electrons. The van der Waals surface area contributed by atoms with Gasteiger partial charge in [0.15, 0.2) is 11.5 Å². The molecule has 31 heavy (non-hydrogen) atoms. The van der Waals surface area contributed by atoms with Gasteiger partial charge in [0.25, 0.3) is 5.91 Å². The molecular weight excluding hydrogens is 436 g/mol. The van der Waals surface area contributed by atoms with Gasteiger partial charge >= 0.3 is 0 Å². The van der Waals surface area contributed by atoms with Crippen LogP contribution < -0.4 is 9.47 Å². The Labute approximate surface area is 192 Å². The Morgan fingerprint density at radius 3 is 2.61 bits per heavy atom. The monoisotopic (exact) mass is 464 g/mol. The van der Waals surface area contributed by atoms with Crippen LogP contribution in [0.15, 0.2) is 23.1 Å². The molecule has 0 unspecified atom stereocenters. The molecule has 0 bridgehead atoms. The van der Waals surface area contributed by atoms with Crippen molar-refractivity contribution in [2.24, 2.45) is 0 Å². The summed E-state index contributed by atoms with van der Waals surface area (Å²) in [5, 5.41) is 0. The maximum atomic E-state index is 12.8. The Morgan fingerprint density at radius 1 is 1.16 bits per heavy atom. The predicted molar refractivity (Wildman–Crippen MR) is 125 cm³/mol. The molecule has 2 amide bonds. The highest BCUT2D eigenvalue weighted by atomic mass is 32.2. The Morgan fingerprint density at radius 2 is 1.90 bits per heavy atom. The lowest BCUT2D eigenvalue weighted by Crippen LogP contribution is -2.40. The molecule has 2 heterocycles. The van der Waals surface area contributed by atoms with Gasteiger partial charge in [-0.1, -0.05) is 36.5 Å². The molecule has 2 fully saturated rings. The summed E-state index contributed by atoms with van der Waals surface area (Å²) in [6.45, 7) is 3.18. The number of rotatable bonds is 9. The van der Waals surface area contributed by atoms with Crippen LogP contribution in [0.25, 0.3) is 6.08 Å². The second-order valence-corrected chi connectivity index (χ2v) is 8.93. The van der Waals surface area contributed by atoms with Crippen LogP contribution in [0, 0.1) is 0 Å². The van der Waals surface area contributed by atoms with Crippen molar-refractivity contribution in [3.8, 4) is 11.5 Å². The molecule has 7 nitrogen and oxygen atoms in total. The van der Waals surface area contributed by atoms with Crippen molar-refractivity contribution in [3.05, 3.63) is 28.7 Å². The van der Waals surface area contributed by atoms with E-state index in [9.17, 15) is 9.59 Å². The molecule has 0 aliphatic carbocycles. The van der Waals surface area contributed by atoms with Gasteiger partial charge in [-0.05, 0) is 36.6 Å². The molecule has 2 aliphatic rings. The van der Waals surface area contributed by atoms with Gasteiger partial charge in [0, 0.05) is 26.1 Å². The molecule has 0 aromatic heterocycles. The van der Waals surface area contributed by atoms with Crippen LogP contribution in [0.5, 0.6) is 11.5 Å². The van der Waals surface area contributed by atoms with Gasteiger partial charge in [0.2, 0.25) is 5.91 Å². The minimum atomic E-state index is -0.0748. The van der Waals surface area contributed by atoms with Crippen molar-refractivity contribution in [1.29, 1.82) is 0 Å². The van der Waals surface area contributed by atoms with Crippen molar-refractivity contribution in [3.63, 3.8) is 0 Å². The van der Waals surface area contributed by atoms with Gasteiger partial charge < -0.3 is 19.1 Å². The fourth-order valence-corrected chi connectivity index (χ4v) is 4.79. The summed E-state index contributed by atoms with van der Waals surface area (Å²) in [5.41, 5.74) is 0.847. The van der Waals surface area contributed by atoms with E-state index in [-0.39, 0.29) is 11.8 Å². The van der Waals surface area contributed by atoms with Crippen LogP contribution >= 0.6 is 24.0 Å². The van der Waals surface area contributed by atoms with E-state index in [1.165, 1.54) is 11.8 Å². The minimum absolute atomic E-state index is 0.0748. The molecule has 9 heteroatoms. The zero-order valence-electron chi connectivity index (χ0n) is 17.9. The lowest BCUT2D eigenvalue weighted by molar-refractivity contribution is -0.135. The first kappa shape index (κ1) is 23.6. The van der Waals surface area contributed by atoms with Gasteiger partial charge in [-0.15, -0.1) is 0 Å². The minimum Gasteiger partial charge on any atom is -0.493 e. The number of benzene rings is 1. The average molecular weight is 465 g/mol.